The first-order valence-corrected chi connectivity index (χ1v) is 11.4. The molecule has 1 aromatic rings. The number of ether oxygens (including phenoxy) is 1. The van der Waals surface area contributed by atoms with Gasteiger partial charge in [0.25, 0.3) is 0 Å². The molecule has 31 heavy (non-hydrogen) atoms. The van der Waals surface area contributed by atoms with Crippen LogP contribution in [-0.4, -0.2) is 48.4 Å². The second kappa shape index (κ2) is 8.54. The van der Waals surface area contributed by atoms with Crippen molar-refractivity contribution in [2.75, 3.05) is 32.7 Å². The number of carbonyl (C=O) groups is 1. The number of nitrogens with zero attached hydrogens (tertiary/aromatic N) is 2. The maximum Gasteiger partial charge on any atom is 0.222 e. The molecule has 1 fully saturated rings. The molecular formula is C26H35N3O2. The third kappa shape index (κ3) is 4.29. The Balaban J connectivity index is 1.34. The maximum absolute atomic E-state index is 12.7. The first kappa shape index (κ1) is 21.7. The van der Waals surface area contributed by atoms with Gasteiger partial charge in [-0.05, 0) is 44.7 Å². The molecule has 166 valence electrons. The number of piperazine rings is 1. The number of rotatable bonds is 5. The van der Waals surface area contributed by atoms with E-state index >= 15 is 0 Å². The highest BCUT2D eigenvalue weighted by atomic mass is 16.5. The van der Waals surface area contributed by atoms with E-state index in [1.807, 2.05) is 36.9 Å². The van der Waals surface area contributed by atoms with Gasteiger partial charge in [0, 0.05) is 61.4 Å². The van der Waals surface area contributed by atoms with Crippen LogP contribution in [0.25, 0.3) is 0 Å². The maximum atomic E-state index is 12.7. The Hall–Kier alpha value is -2.53. The number of aryl methyl sites for hydroxylation is 1. The van der Waals surface area contributed by atoms with E-state index < -0.39 is 0 Å². The van der Waals surface area contributed by atoms with E-state index in [-0.39, 0.29) is 11.3 Å². The lowest BCUT2D eigenvalue weighted by atomic mass is 9.85. The van der Waals surface area contributed by atoms with Crippen LogP contribution < -0.4 is 5.73 Å². The Bertz CT molecular complexity index is 952. The van der Waals surface area contributed by atoms with Gasteiger partial charge < -0.3 is 15.4 Å². The second-order valence-corrected chi connectivity index (χ2v) is 9.49. The number of fused-ring (bicyclic) bond motifs is 1. The lowest BCUT2D eigenvalue weighted by Gasteiger charge is -2.39. The van der Waals surface area contributed by atoms with Gasteiger partial charge in [0.1, 0.15) is 11.5 Å². The van der Waals surface area contributed by atoms with Gasteiger partial charge in [0.2, 0.25) is 5.91 Å². The van der Waals surface area contributed by atoms with Crippen LogP contribution in [0.15, 0.2) is 64.3 Å². The van der Waals surface area contributed by atoms with E-state index in [0.717, 1.165) is 68.4 Å². The highest BCUT2D eigenvalue weighted by Crippen LogP contribution is 2.50. The third-order valence-corrected chi connectivity index (χ3v) is 7.19. The predicted molar refractivity (Wildman–Crippen MR) is 124 cm³/mol. The van der Waals surface area contributed by atoms with Gasteiger partial charge in [-0.1, -0.05) is 37.3 Å². The summed E-state index contributed by atoms with van der Waals surface area (Å²) < 4.78 is 5.95. The summed E-state index contributed by atoms with van der Waals surface area (Å²) >= 11 is 0. The summed E-state index contributed by atoms with van der Waals surface area (Å²) in [5.41, 5.74) is 12.5. The van der Waals surface area contributed by atoms with Gasteiger partial charge >= 0.3 is 0 Å². The number of carbonyl (C=O) groups excluding carboxylic acids is 1. The summed E-state index contributed by atoms with van der Waals surface area (Å²) in [6.07, 6.45) is 2.31. The summed E-state index contributed by atoms with van der Waals surface area (Å²) in [4.78, 5) is 17.2. The Labute approximate surface area is 186 Å². The number of hydrogen-bond donors (Lipinski definition) is 1. The van der Waals surface area contributed by atoms with Crippen molar-refractivity contribution < 1.29 is 9.53 Å². The fourth-order valence-electron chi connectivity index (χ4n) is 5.15. The molecule has 2 heterocycles. The minimum absolute atomic E-state index is 0.0966. The van der Waals surface area contributed by atoms with Gasteiger partial charge in [0.15, 0.2) is 0 Å². The minimum Gasteiger partial charge on any atom is -0.466 e. The highest BCUT2D eigenvalue weighted by Gasteiger charge is 2.43. The van der Waals surface area contributed by atoms with Crippen molar-refractivity contribution >= 4 is 5.91 Å². The smallest absolute Gasteiger partial charge is 0.222 e. The lowest BCUT2D eigenvalue weighted by molar-refractivity contribution is -0.133. The van der Waals surface area contributed by atoms with Gasteiger partial charge in [-0.2, -0.15) is 0 Å². The molecule has 3 aliphatic rings. The van der Waals surface area contributed by atoms with Crippen LogP contribution in [0.5, 0.6) is 0 Å². The van der Waals surface area contributed by atoms with Gasteiger partial charge in [0.05, 0.1) is 0 Å². The zero-order valence-corrected chi connectivity index (χ0v) is 19.3. The van der Waals surface area contributed by atoms with E-state index in [2.05, 4.69) is 30.9 Å². The number of hydrogen-bond acceptors (Lipinski definition) is 4. The molecule has 1 aliphatic carbocycles. The average Bonchev–Trinajstić information content (AvgIpc) is 3.03. The van der Waals surface area contributed by atoms with E-state index in [0.29, 0.717) is 6.42 Å². The van der Waals surface area contributed by atoms with Crippen LogP contribution >= 0.6 is 0 Å². The third-order valence-electron chi connectivity index (χ3n) is 7.19. The summed E-state index contributed by atoms with van der Waals surface area (Å²) in [5.74, 6) is 2.20. The molecule has 5 heteroatoms. The molecule has 5 nitrogen and oxygen atoms in total. The minimum atomic E-state index is -0.0966. The average molecular weight is 422 g/mol. The molecule has 0 bridgehead atoms. The number of amides is 1. The fraction of sp³-hybridized carbons (Fsp3) is 0.500. The van der Waals surface area contributed by atoms with E-state index in [4.69, 9.17) is 10.5 Å². The Kier molecular flexibility index (Phi) is 5.98. The zero-order valence-electron chi connectivity index (χ0n) is 19.3. The second-order valence-electron chi connectivity index (χ2n) is 9.49. The molecule has 0 aromatic heterocycles. The predicted octanol–water partition coefficient (Wildman–Crippen LogP) is 3.98. The summed E-state index contributed by atoms with van der Waals surface area (Å²) in [6, 6.07) is 10.2. The molecule has 0 radical (unpaired) electrons. The van der Waals surface area contributed by atoms with Crippen LogP contribution in [0.3, 0.4) is 0 Å². The topological polar surface area (TPSA) is 58.8 Å². The number of allylic oxidation sites excluding steroid dienone is 5. The van der Waals surface area contributed by atoms with Crippen LogP contribution in [0.1, 0.15) is 46.1 Å². The molecular weight excluding hydrogens is 386 g/mol. The summed E-state index contributed by atoms with van der Waals surface area (Å²) in [7, 11) is 0. The van der Waals surface area contributed by atoms with Crippen LogP contribution in [-0.2, 0) is 16.0 Å². The van der Waals surface area contributed by atoms with Crippen molar-refractivity contribution in [3.63, 3.8) is 0 Å². The van der Waals surface area contributed by atoms with Crippen molar-refractivity contribution in [1.82, 2.24) is 9.80 Å². The molecule has 1 aromatic carbocycles. The van der Waals surface area contributed by atoms with Crippen molar-refractivity contribution in [3.05, 3.63) is 69.8 Å². The standard InChI is InChI=1S/C26H35N3O2/c1-18-19(2)31-20(3)22-16-26(4,25(27)24(18)22)17-28-12-14-29(15-13-28)23(30)11-10-21-8-6-5-7-9-21/h5-9H,10-17,27H2,1-4H3. The fourth-order valence-corrected chi connectivity index (χ4v) is 5.15. The molecule has 1 unspecified atom stereocenters. The quantitative estimate of drug-likeness (QED) is 0.781. The Morgan fingerprint density at radius 1 is 1.06 bits per heavy atom. The first-order valence-electron chi connectivity index (χ1n) is 11.4. The molecule has 0 saturated carbocycles. The summed E-state index contributed by atoms with van der Waals surface area (Å²) in [5, 5.41) is 0. The number of benzene rings is 1. The van der Waals surface area contributed by atoms with Crippen LogP contribution in [0.2, 0.25) is 0 Å². The van der Waals surface area contributed by atoms with Gasteiger partial charge in [-0.15, -0.1) is 0 Å². The van der Waals surface area contributed by atoms with Gasteiger partial charge in [-0.3, -0.25) is 9.69 Å². The number of nitrogens with two attached hydrogens (primary N) is 1. The highest BCUT2D eigenvalue weighted by molar-refractivity contribution is 5.76. The van der Waals surface area contributed by atoms with Crippen LogP contribution in [0, 0.1) is 5.41 Å². The van der Waals surface area contributed by atoms with E-state index in [9.17, 15) is 4.79 Å². The Morgan fingerprint density at radius 3 is 2.42 bits per heavy atom. The molecule has 1 saturated heterocycles. The molecule has 0 spiro atoms. The largest absolute Gasteiger partial charge is 0.466 e. The van der Waals surface area contributed by atoms with Crippen molar-refractivity contribution in [2.24, 2.45) is 11.1 Å². The zero-order chi connectivity index (χ0) is 22.2. The van der Waals surface area contributed by atoms with Gasteiger partial charge in [-0.25, -0.2) is 0 Å². The van der Waals surface area contributed by atoms with Crippen molar-refractivity contribution in [2.45, 2.75) is 47.0 Å². The monoisotopic (exact) mass is 421 g/mol. The van der Waals surface area contributed by atoms with E-state index in [1.54, 1.807) is 0 Å². The van der Waals surface area contributed by atoms with Crippen molar-refractivity contribution in [1.29, 1.82) is 0 Å². The molecule has 2 N–H and O–H groups in total. The molecule has 2 aliphatic heterocycles. The lowest BCUT2D eigenvalue weighted by Crippen LogP contribution is -2.51. The van der Waals surface area contributed by atoms with E-state index in [1.165, 1.54) is 16.7 Å². The SMILES string of the molecule is CC1=C(C)C2=C(N)C(C)(CN3CCN(C(=O)CCc4ccccc4)CC3)CC2=C(C)O1. The van der Waals surface area contributed by atoms with Crippen LogP contribution in [0.4, 0.5) is 0 Å². The summed E-state index contributed by atoms with van der Waals surface area (Å²) in [6.45, 7) is 12.7. The molecule has 1 amide bonds. The first-order chi connectivity index (χ1) is 14.8. The normalized spacial score (nSPS) is 24.6. The Morgan fingerprint density at radius 2 is 1.74 bits per heavy atom. The molecule has 1 atom stereocenters. The van der Waals surface area contributed by atoms with Crippen molar-refractivity contribution in [3.8, 4) is 0 Å². The molecule has 4 rings (SSSR count).